The molecule has 8 heteroatoms. The number of benzene rings is 2. The molecule has 0 atom stereocenters. The van der Waals surface area contributed by atoms with E-state index in [4.69, 9.17) is 9.47 Å². The van der Waals surface area contributed by atoms with Crippen LogP contribution in [0.1, 0.15) is 11.1 Å². The van der Waals surface area contributed by atoms with Crippen LogP contribution in [0.25, 0.3) is 0 Å². The van der Waals surface area contributed by atoms with Crippen LogP contribution in [0.15, 0.2) is 64.6 Å². The number of methoxy groups -OCH3 is 1. The topological polar surface area (TPSA) is 101 Å². The summed E-state index contributed by atoms with van der Waals surface area (Å²) in [4.78, 5) is 13.7. The summed E-state index contributed by atoms with van der Waals surface area (Å²) in [6.07, 6.45) is 2.63. The van der Waals surface area contributed by atoms with Gasteiger partial charge in [0.1, 0.15) is 12.8 Å². The number of H-pyrrole nitrogens is 1. The molecule has 0 aliphatic carbocycles. The lowest BCUT2D eigenvalue weighted by atomic mass is 10.2. The molecule has 0 radical (unpaired) electrons. The third-order valence-electron chi connectivity index (χ3n) is 3.40. The molecule has 0 unspecified atom stereocenters. The largest absolute Gasteiger partial charge is 0.493 e. The van der Waals surface area contributed by atoms with Gasteiger partial charge in [-0.05, 0) is 17.7 Å². The fourth-order valence-corrected chi connectivity index (χ4v) is 2.21. The summed E-state index contributed by atoms with van der Waals surface area (Å²) in [5.74, 6) is 1.30. The zero-order valence-electron chi connectivity index (χ0n) is 14.0. The van der Waals surface area contributed by atoms with Crippen LogP contribution in [0.5, 0.6) is 11.5 Å². The van der Waals surface area contributed by atoms with Gasteiger partial charge in [0.25, 0.3) is 5.56 Å². The number of aromatic amines is 1. The average molecular weight is 351 g/mol. The number of anilines is 1. The molecule has 2 N–H and O–H groups in total. The van der Waals surface area contributed by atoms with Crippen LogP contribution in [0.3, 0.4) is 0 Å². The Balaban J connectivity index is 1.77. The Hall–Kier alpha value is -3.68. The van der Waals surface area contributed by atoms with Crippen molar-refractivity contribution in [3.05, 3.63) is 76.2 Å². The molecule has 1 heterocycles. The third-order valence-corrected chi connectivity index (χ3v) is 3.40. The molecule has 132 valence electrons. The lowest BCUT2D eigenvalue weighted by molar-refractivity contribution is 0.284. The molecule has 0 spiro atoms. The summed E-state index contributed by atoms with van der Waals surface area (Å²) in [6, 6.07) is 15.3. The summed E-state index contributed by atoms with van der Waals surface area (Å²) in [6.45, 7) is 0.396. The first-order chi connectivity index (χ1) is 12.8. The zero-order chi connectivity index (χ0) is 18.2. The maximum Gasteiger partial charge on any atom is 0.271 e. The lowest BCUT2D eigenvalue weighted by Crippen LogP contribution is -2.10. The van der Waals surface area contributed by atoms with Gasteiger partial charge in [-0.25, -0.2) is 5.43 Å². The summed E-state index contributed by atoms with van der Waals surface area (Å²) in [5.41, 5.74) is 3.99. The van der Waals surface area contributed by atoms with Crippen molar-refractivity contribution in [2.45, 2.75) is 6.61 Å². The number of nitrogens with one attached hydrogen (secondary N) is 2. The highest BCUT2D eigenvalue weighted by Crippen LogP contribution is 2.30. The van der Waals surface area contributed by atoms with Gasteiger partial charge in [-0.2, -0.15) is 5.10 Å². The quantitative estimate of drug-likeness (QED) is 0.500. The number of rotatable bonds is 7. The second kappa shape index (κ2) is 8.43. The van der Waals surface area contributed by atoms with Crippen molar-refractivity contribution in [3.63, 3.8) is 0 Å². The fraction of sp³-hybridized carbons (Fsp3) is 0.111. The van der Waals surface area contributed by atoms with E-state index in [0.717, 1.165) is 11.8 Å². The molecule has 0 amide bonds. The molecule has 0 fully saturated rings. The van der Waals surface area contributed by atoms with Gasteiger partial charge in [0, 0.05) is 5.56 Å². The molecule has 2 aromatic carbocycles. The molecule has 3 rings (SSSR count). The Morgan fingerprint density at radius 2 is 2.04 bits per heavy atom. The van der Waals surface area contributed by atoms with Gasteiger partial charge < -0.3 is 9.47 Å². The Morgan fingerprint density at radius 1 is 1.19 bits per heavy atom. The molecule has 0 bridgehead atoms. The summed E-state index contributed by atoms with van der Waals surface area (Å²) in [5, 5.41) is 11.3. The van der Waals surface area contributed by atoms with Crippen LogP contribution >= 0.6 is 0 Å². The number of para-hydroxylation sites is 1. The Labute approximate surface area is 149 Å². The summed E-state index contributed by atoms with van der Waals surface area (Å²) in [7, 11) is 1.58. The van der Waals surface area contributed by atoms with Crippen molar-refractivity contribution in [2.75, 3.05) is 12.5 Å². The van der Waals surface area contributed by atoms with Crippen LogP contribution in [-0.4, -0.2) is 28.5 Å². The van der Waals surface area contributed by atoms with Crippen LogP contribution in [-0.2, 0) is 6.61 Å². The third kappa shape index (κ3) is 4.44. The minimum atomic E-state index is -0.369. The van der Waals surface area contributed by atoms with Gasteiger partial charge in [-0.1, -0.05) is 36.4 Å². The highest BCUT2D eigenvalue weighted by molar-refractivity contribution is 5.85. The Morgan fingerprint density at radius 3 is 2.81 bits per heavy atom. The van der Waals surface area contributed by atoms with Gasteiger partial charge in [-0.15, -0.1) is 10.2 Å². The molecule has 8 nitrogen and oxygen atoms in total. The van der Waals surface area contributed by atoms with Crippen molar-refractivity contribution in [1.82, 2.24) is 15.2 Å². The molecule has 0 aliphatic rings. The SMILES string of the molecule is COc1cccc(/C=N/Nc2nncc(=O)[nH]2)c1OCc1ccccc1. The van der Waals surface area contributed by atoms with E-state index in [1.165, 1.54) is 0 Å². The van der Waals surface area contributed by atoms with E-state index >= 15 is 0 Å². The maximum atomic E-state index is 11.2. The van der Waals surface area contributed by atoms with Gasteiger partial charge in [0.2, 0.25) is 5.95 Å². The van der Waals surface area contributed by atoms with Gasteiger partial charge in [0.05, 0.1) is 13.3 Å². The monoisotopic (exact) mass is 351 g/mol. The minimum absolute atomic E-state index is 0.142. The van der Waals surface area contributed by atoms with Crippen LogP contribution in [0.2, 0.25) is 0 Å². The van der Waals surface area contributed by atoms with Gasteiger partial charge in [0.15, 0.2) is 11.5 Å². The van der Waals surface area contributed by atoms with Crippen molar-refractivity contribution in [2.24, 2.45) is 5.10 Å². The number of nitrogens with zero attached hydrogens (tertiary/aromatic N) is 3. The first kappa shape index (κ1) is 17.2. The van der Waals surface area contributed by atoms with Crippen molar-refractivity contribution in [3.8, 4) is 11.5 Å². The average Bonchev–Trinajstić information content (AvgIpc) is 2.67. The van der Waals surface area contributed by atoms with Crippen molar-refractivity contribution >= 4 is 12.2 Å². The normalized spacial score (nSPS) is 10.7. The standard InChI is InChI=1S/C18H17N5O3/c1-25-15-9-5-8-14(10-19-22-18-21-16(24)11-20-23-18)17(15)26-12-13-6-3-2-4-7-13/h2-11H,12H2,1H3,(H2,21,22,23,24)/b19-10+. The molecule has 1 aromatic heterocycles. The molecule has 3 aromatic rings. The maximum absolute atomic E-state index is 11.2. The number of aromatic nitrogens is 3. The lowest BCUT2D eigenvalue weighted by Gasteiger charge is -2.13. The van der Waals surface area contributed by atoms with Crippen LogP contribution in [0.4, 0.5) is 5.95 Å². The molecule has 0 saturated heterocycles. The van der Waals surface area contributed by atoms with Crippen molar-refractivity contribution < 1.29 is 9.47 Å². The van der Waals surface area contributed by atoms with E-state index in [1.807, 2.05) is 48.5 Å². The smallest absolute Gasteiger partial charge is 0.271 e. The van der Waals surface area contributed by atoms with E-state index in [9.17, 15) is 4.79 Å². The number of hydrogen-bond acceptors (Lipinski definition) is 7. The fourth-order valence-electron chi connectivity index (χ4n) is 2.21. The predicted molar refractivity (Wildman–Crippen MR) is 97.6 cm³/mol. The van der Waals surface area contributed by atoms with Crippen molar-refractivity contribution in [1.29, 1.82) is 0 Å². The molecular weight excluding hydrogens is 334 g/mol. The first-order valence-corrected chi connectivity index (χ1v) is 7.81. The molecular formula is C18H17N5O3. The van der Waals surface area contributed by atoms with Gasteiger partial charge >= 0.3 is 0 Å². The van der Waals surface area contributed by atoms with Crippen LogP contribution < -0.4 is 20.5 Å². The molecule has 26 heavy (non-hydrogen) atoms. The van der Waals surface area contributed by atoms with E-state index in [2.05, 4.69) is 25.7 Å². The van der Waals surface area contributed by atoms with E-state index < -0.39 is 0 Å². The zero-order valence-corrected chi connectivity index (χ0v) is 14.0. The second-order valence-electron chi connectivity index (χ2n) is 5.21. The first-order valence-electron chi connectivity index (χ1n) is 7.81. The predicted octanol–water partition coefficient (Wildman–Crippen LogP) is 2.20. The number of hydrogen-bond donors (Lipinski definition) is 2. The molecule has 0 aliphatic heterocycles. The van der Waals surface area contributed by atoms with E-state index in [1.54, 1.807) is 13.3 Å². The second-order valence-corrected chi connectivity index (χ2v) is 5.21. The number of hydrazone groups is 1. The Kier molecular flexibility index (Phi) is 5.56. The number of ether oxygens (including phenoxy) is 2. The molecule has 0 saturated carbocycles. The highest BCUT2D eigenvalue weighted by Gasteiger charge is 2.09. The van der Waals surface area contributed by atoms with E-state index in [0.29, 0.717) is 23.7 Å². The van der Waals surface area contributed by atoms with Gasteiger partial charge in [-0.3, -0.25) is 9.78 Å². The highest BCUT2D eigenvalue weighted by atomic mass is 16.5. The minimum Gasteiger partial charge on any atom is -0.493 e. The summed E-state index contributed by atoms with van der Waals surface area (Å²) >= 11 is 0. The van der Waals surface area contributed by atoms with E-state index in [-0.39, 0.29) is 11.5 Å². The van der Waals surface area contributed by atoms with Crippen LogP contribution in [0, 0.1) is 0 Å². The summed E-state index contributed by atoms with van der Waals surface area (Å²) < 4.78 is 11.3. The Bertz CT molecular complexity index is 941.